The van der Waals surface area contributed by atoms with Crippen molar-refractivity contribution >= 4 is 29.1 Å². The molecule has 2 heterocycles. The summed E-state index contributed by atoms with van der Waals surface area (Å²) in [6.45, 7) is 1.17. The molecule has 0 N–H and O–H groups in total. The van der Waals surface area contributed by atoms with E-state index in [1.807, 2.05) is 0 Å². The number of rotatable bonds is 3. The van der Waals surface area contributed by atoms with Gasteiger partial charge in [0.05, 0.1) is 17.1 Å². The summed E-state index contributed by atoms with van der Waals surface area (Å²) in [5.74, 6) is 0.642. The second-order valence-corrected chi connectivity index (χ2v) is 5.93. The lowest BCUT2D eigenvalue weighted by molar-refractivity contribution is 0.0772. The van der Waals surface area contributed by atoms with Crippen LogP contribution < -0.4 is 4.74 Å². The van der Waals surface area contributed by atoms with Gasteiger partial charge >= 0.3 is 0 Å². The summed E-state index contributed by atoms with van der Waals surface area (Å²) in [7, 11) is 0. The van der Waals surface area contributed by atoms with Crippen LogP contribution in [-0.2, 0) is 0 Å². The fourth-order valence-electron chi connectivity index (χ4n) is 2.45. The average molecular weight is 337 g/mol. The zero-order chi connectivity index (χ0) is 15.5. The van der Waals surface area contributed by atoms with Crippen LogP contribution in [0.2, 0.25) is 10.0 Å². The average Bonchev–Trinajstić information content (AvgIpc) is 2.98. The Hall–Kier alpha value is -1.78. The van der Waals surface area contributed by atoms with Gasteiger partial charge in [-0.3, -0.25) is 9.78 Å². The molecule has 6 heteroatoms. The van der Waals surface area contributed by atoms with Gasteiger partial charge in [0.25, 0.3) is 5.91 Å². The van der Waals surface area contributed by atoms with Gasteiger partial charge in [-0.25, -0.2) is 0 Å². The Morgan fingerprint density at radius 2 is 2.00 bits per heavy atom. The number of amides is 1. The molecule has 1 aromatic carbocycles. The van der Waals surface area contributed by atoms with Gasteiger partial charge in [-0.05, 0) is 30.3 Å². The molecule has 1 fully saturated rings. The lowest BCUT2D eigenvalue weighted by Crippen LogP contribution is -2.31. The number of pyridine rings is 1. The first-order valence-electron chi connectivity index (χ1n) is 6.94. The van der Waals surface area contributed by atoms with Gasteiger partial charge in [-0.1, -0.05) is 23.2 Å². The molecule has 3 rings (SSSR count). The number of hydrogen-bond donors (Lipinski definition) is 0. The van der Waals surface area contributed by atoms with E-state index in [1.54, 1.807) is 47.6 Å². The zero-order valence-electron chi connectivity index (χ0n) is 11.7. The Kier molecular flexibility index (Phi) is 4.50. The number of ether oxygens (including phenoxy) is 1. The molecule has 0 radical (unpaired) electrons. The second-order valence-electron chi connectivity index (χ2n) is 5.09. The molecule has 1 atom stereocenters. The largest absolute Gasteiger partial charge is 0.488 e. The summed E-state index contributed by atoms with van der Waals surface area (Å²) in [5, 5.41) is 0.907. The van der Waals surface area contributed by atoms with Gasteiger partial charge in [-0.15, -0.1) is 0 Å². The van der Waals surface area contributed by atoms with E-state index in [0.29, 0.717) is 28.7 Å². The summed E-state index contributed by atoms with van der Waals surface area (Å²) >= 11 is 12.0. The molecule has 1 aromatic heterocycles. The fourth-order valence-corrected chi connectivity index (χ4v) is 2.82. The maximum atomic E-state index is 12.5. The first kappa shape index (κ1) is 15.1. The Labute approximate surface area is 138 Å². The quantitative estimate of drug-likeness (QED) is 0.858. The number of nitrogens with zero attached hydrogens (tertiary/aromatic N) is 2. The molecule has 2 aromatic rings. The van der Waals surface area contributed by atoms with Crippen molar-refractivity contribution in [2.24, 2.45) is 0 Å². The van der Waals surface area contributed by atoms with Crippen LogP contribution >= 0.6 is 23.2 Å². The topological polar surface area (TPSA) is 42.4 Å². The highest BCUT2D eigenvalue weighted by atomic mass is 35.5. The zero-order valence-corrected chi connectivity index (χ0v) is 13.2. The predicted molar refractivity (Wildman–Crippen MR) is 85.6 cm³/mol. The van der Waals surface area contributed by atoms with E-state index in [4.69, 9.17) is 27.9 Å². The molecular weight excluding hydrogens is 323 g/mol. The summed E-state index contributed by atoms with van der Waals surface area (Å²) in [6, 6.07) is 8.51. The number of halogens is 2. The van der Waals surface area contributed by atoms with Gasteiger partial charge in [0.1, 0.15) is 11.9 Å². The van der Waals surface area contributed by atoms with Crippen LogP contribution in [-0.4, -0.2) is 35.0 Å². The number of carbonyl (C=O) groups excluding carboxylic acids is 1. The molecule has 1 saturated heterocycles. The van der Waals surface area contributed by atoms with Gasteiger partial charge in [0.2, 0.25) is 0 Å². The first-order valence-corrected chi connectivity index (χ1v) is 7.70. The highest BCUT2D eigenvalue weighted by Gasteiger charge is 2.29. The SMILES string of the molecule is O=C(c1cc(Cl)ccc1Cl)N1CC[C@@H](Oc2ccncc2)C1. The number of likely N-dealkylation sites (tertiary alicyclic amines) is 1. The van der Waals surface area contributed by atoms with Crippen LogP contribution in [0.25, 0.3) is 0 Å². The normalized spacial score (nSPS) is 17.5. The number of aromatic nitrogens is 1. The molecule has 4 nitrogen and oxygen atoms in total. The summed E-state index contributed by atoms with van der Waals surface area (Å²) < 4.78 is 5.85. The maximum Gasteiger partial charge on any atom is 0.255 e. The molecule has 1 amide bonds. The first-order chi connectivity index (χ1) is 10.6. The van der Waals surface area contributed by atoms with E-state index in [-0.39, 0.29) is 12.0 Å². The van der Waals surface area contributed by atoms with E-state index in [1.165, 1.54) is 0 Å². The van der Waals surface area contributed by atoms with Gasteiger partial charge in [-0.2, -0.15) is 0 Å². The standard InChI is InChI=1S/C16H14Cl2N2O2/c17-11-1-2-15(18)14(9-11)16(21)20-8-5-13(10-20)22-12-3-6-19-7-4-12/h1-4,6-7,9,13H,5,8,10H2/t13-/m1/s1. The molecule has 22 heavy (non-hydrogen) atoms. The molecule has 0 spiro atoms. The van der Waals surface area contributed by atoms with Crippen LogP contribution in [0, 0.1) is 0 Å². The molecule has 0 saturated carbocycles. The maximum absolute atomic E-state index is 12.5. The van der Waals surface area contributed by atoms with Crippen LogP contribution in [0.15, 0.2) is 42.7 Å². The molecule has 1 aliphatic rings. The Balaban J connectivity index is 1.67. The number of benzene rings is 1. The third kappa shape index (κ3) is 3.34. The third-order valence-corrected chi connectivity index (χ3v) is 4.11. The lowest BCUT2D eigenvalue weighted by atomic mass is 10.2. The van der Waals surface area contributed by atoms with Crippen molar-refractivity contribution in [3.8, 4) is 5.75 Å². The van der Waals surface area contributed by atoms with E-state index in [0.717, 1.165) is 12.2 Å². The van der Waals surface area contributed by atoms with E-state index in [2.05, 4.69) is 4.98 Å². The summed E-state index contributed by atoms with van der Waals surface area (Å²) in [5.41, 5.74) is 0.429. The monoisotopic (exact) mass is 336 g/mol. The summed E-state index contributed by atoms with van der Waals surface area (Å²) in [6.07, 6.45) is 4.12. The van der Waals surface area contributed by atoms with Crippen LogP contribution in [0.3, 0.4) is 0 Å². The number of carbonyl (C=O) groups is 1. The van der Waals surface area contributed by atoms with Crippen molar-refractivity contribution in [1.82, 2.24) is 9.88 Å². The Morgan fingerprint density at radius 3 is 2.77 bits per heavy atom. The minimum absolute atomic E-state index is 0.0238. The molecule has 0 aliphatic carbocycles. The van der Waals surface area contributed by atoms with Crippen molar-refractivity contribution in [2.45, 2.75) is 12.5 Å². The van der Waals surface area contributed by atoms with Crippen molar-refractivity contribution in [3.05, 3.63) is 58.3 Å². The minimum atomic E-state index is -0.117. The highest BCUT2D eigenvalue weighted by molar-refractivity contribution is 6.35. The van der Waals surface area contributed by atoms with Crippen molar-refractivity contribution in [3.63, 3.8) is 0 Å². The van der Waals surface area contributed by atoms with Crippen LogP contribution in [0.1, 0.15) is 16.8 Å². The van der Waals surface area contributed by atoms with Gasteiger partial charge in [0, 0.05) is 30.4 Å². The summed E-state index contributed by atoms with van der Waals surface area (Å²) in [4.78, 5) is 18.2. The van der Waals surface area contributed by atoms with Crippen LogP contribution in [0.5, 0.6) is 5.75 Å². The molecule has 0 unspecified atom stereocenters. The van der Waals surface area contributed by atoms with Crippen molar-refractivity contribution in [1.29, 1.82) is 0 Å². The van der Waals surface area contributed by atoms with Crippen molar-refractivity contribution < 1.29 is 9.53 Å². The van der Waals surface area contributed by atoms with E-state index in [9.17, 15) is 4.79 Å². The van der Waals surface area contributed by atoms with Gasteiger partial charge in [0.15, 0.2) is 0 Å². The Morgan fingerprint density at radius 1 is 1.23 bits per heavy atom. The Bertz CT molecular complexity index is 679. The fraction of sp³-hybridized carbons (Fsp3) is 0.250. The predicted octanol–water partition coefficient (Wildman–Crippen LogP) is 3.68. The lowest BCUT2D eigenvalue weighted by Gasteiger charge is -2.18. The molecule has 114 valence electrons. The molecule has 1 aliphatic heterocycles. The van der Waals surface area contributed by atoms with E-state index >= 15 is 0 Å². The van der Waals surface area contributed by atoms with Gasteiger partial charge < -0.3 is 9.64 Å². The van der Waals surface area contributed by atoms with Crippen molar-refractivity contribution in [2.75, 3.05) is 13.1 Å². The number of hydrogen-bond acceptors (Lipinski definition) is 3. The smallest absolute Gasteiger partial charge is 0.255 e. The van der Waals surface area contributed by atoms with E-state index < -0.39 is 0 Å². The second kappa shape index (κ2) is 6.55. The minimum Gasteiger partial charge on any atom is -0.488 e. The molecule has 0 bridgehead atoms. The molecular formula is C16H14Cl2N2O2. The third-order valence-electron chi connectivity index (χ3n) is 3.54. The highest BCUT2D eigenvalue weighted by Crippen LogP contribution is 2.25. The van der Waals surface area contributed by atoms with Crippen LogP contribution in [0.4, 0.5) is 0 Å².